The minimum atomic E-state index is -4.59. The second kappa shape index (κ2) is 8.84. The number of esters is 1. The van der Waals surface area contributed by atoms with E-state index in [1.165, 1.54) is 18.2 Å². The number of nitrogens with one attached hydrogen (secondary N) is 1. The number of carbonyl (C=O) groups excluding carboxylic acids is 1. The quantitative estimate of drug-likeness (QED) is 0.587. The SMILES string of the molecule is CCOC(=O)C1=C(C)Nc2ccnc(OC3CCCC3)c2[C@H]1c1ccccc1C(F)(F)F. The van der Waals surface area contributed by atoms with Gasteiger partial charge in [0.05, 0.1) is 23.7 Å². The van der Waals surface area contributed by atoms with Crippen LogP contribution in [0.4, 0.5) is 18.9 Å². The summed E-state index contributed by atoms with van der Waals surface area (Å²) >= 11 is 0. The normalized spacial score (nSPS) is 18.8. The Morgan fingerprint density at radius 1 is 1.19 bits per heavy atom. The van der Waals surface area contributed by atoms with Crippen molar-refractivity contribution >= 4 is 11.7 Å². The van der Waals surface area contributed by atoms with E-state index in [0.29, 0.717) is 16.9 Å². The summed E-state index contributed by atoms with van der Waals surface area (Å²) in [6.07, 6.45) is 0.710. The van der Waals surface area contributed by atoms with E-state index in [0.717, 1.165) is 31.7 Å². The van der Waals surface area contributed by atoms with Crippen molar-refractivity contribution in [3.63, 3.8) is 0 Å². The number of rotatable bonds is 5. The van der Waals surface area contributed by atoms with Gasteiger partial charge in [-0.1, -0.05) is 18.2 Å². The number of fused-ring (bicyclic) bond motifs is 1. The molecule has 8 heteroatoms. The number of allylic oxidation sites excluding steroid dienone is 1. The van der Waals surface area contributed by atoms with Gasteiger partial charge in [-0.05, 0) is 57.2 Å². The number of halogens is 3. The fourth-order valence-corrected chi connectivity index (χ4v) is 4.53. The fourth-order valence-electron chi connectivity index (χ4n) is 4.53. The number of ether oxygens (including phenoxy) is 2. The maximum atomic E-state index is 14.0. The van der Waals surface area contributed by atoms with Gasteiger partial charge in [-0.2, -0.15) is 13.2 Å². The Kier molecular flexibility index (Phi) is 6.13. The van der Waals surface area contributed by atoms with Gasteiger partial charge in [0.15, 0.2) is 0 Å². The van der Waals surface area contributed by atoms with Crippen molar-refractivity contribution < 1.29 is 27.4 Å². The molecule has 1 fully saturated rings. The van der Waals surface area contributed by atoms with Crippen LogP contribution < -0.4 is 10.1 Å². The first-order chi connectivity index (χ1) is 15.3. The molecule has 1 aliphatic heterocycles. The molecule has 1 aromatic heterocycles. The minimum Gasteiger partial charge on any atom is -0.474 e. The van der Waals surface area contributed by atoms with Crippen molar-refractivity contribution in [2.24, 2.45) is 0 Å². The largest absolute Gasteiger partial charge is 0.474 e. The van der Waals surface area contributed by atoms with Crippen LogP contribution in [-0.4, -0.2) is 23.7 Å². The summed E-state index contributed by atoms with van der Waals surface area (Å²) in [5.41, 5.74) is 0.721. The van der Waals surface area contributed by atoms with E-state index >= 15 is 0 Å². The monoisotopic (exact) mass is 446 g/mol. The van der Waals surface area contributed by atoms with Gasteiger partial charge in [0.25, 0.3) is 0 Å². The summed E-state index contributed by atoms with van der Waals surface area (Å²) in [4.78, 5) is 17.3. The Morgan fingerprint density at radius 3 is 2.59 bits per heavy atom. The van der Waals surface area contributed by atoms with Gasteiger partial charge >= 0.3 is 12.1 Å². The predicted octanol–water partition coefficient (Wildman–Crippen LogP) is 5.82. The van der Waals surface area contributed by atoms with Crippen molar-refractivity contribution in [1.82, 2.24) is 4.98 Å². The average Bonchev–Trinajstić information content (AvgIpc) is 3.25. The summed E-state index contributed by atoms with van der Waals surface area (Å²) in [6.45, 7) is 3.43. The first-order valence-corrected chi connectivity index (χ1v) is 10.8. The van der Waals surface area contributed by atoms with Crippen molar-refractivity contribution in [1.29, 1.82) is 0 Å². The molecule has 0 spiro atoms. The number of pyridine rings is 1. The number of aromatic nitrogens is 1. The first kappa shape index (κ1) is 22.2. The van der Waals surface area contributed by atoms with Crippen molar-refractivity contribution in [3.8, 4) is 5.88 Å². The molecule has 2 aromatic rings. The van der Waals surface area contributed by atoms with Crippen LogP contribution in [-0.2, 0) is 15.7 Å². The van der Waals surface area contributed by atoms with Gasteiger partial charge in [-0.3, -0.25) is 0 Å². The van der Waals surface area contributed by atoms with Crippen LogP contribution in [0, 0.1) is 0 Å². The van der Waals surface area contributed by atoms with E-state index < -0.39 is 23.6 Å². The van der Waals surface area contributed by atoms with Gasteiger partial charge in [0, 0.05) is 23.1 Å². The van der Waals surface area contributed by atoms with Crippen molar-refractivity contribution in [2.75, 3.05) is 11.9 Å². The molecule has 0 amide bonds. The molecular weight excluding hydrogens is 421 g/mol. The third-order valence-corrected chi connectivity index (χ3v) is 5.91. The number of alkyl halides is 3. The molecule has 1 atom stereocenters. The predicted molar refractivity (Wildman–Crippen MR) is 113 cm³/mol. The maximum Gasteiger partial charge on any atom is 0.416 e. The summed E-state index contributed by atoms with van der Waals surface area (Å²) in [5, 5.41) is 3.15. The second-order valence-corrected chi connectivity index (χ2v) is 8.00. The molecular formula is C24H25F3N2O3. The van der Waals surface area contributed by atoms with Gasteiger partial charge in [0.1, 0.15) is 6.10 Å². The van der Waals surface area contributed by atoms with Crippen LogP contribution in [0.15, 0.2) is 47.8 Å². The van der Waals surface area contributed by atoms with Crippen LogP contribution >= 0.6 is 0 Å². The Morgan fingerprint density at radius 2 is 1.91 bits per heavy atom. The Bertz CT molecular complexity index is 1040. The molecule has 1 aliphatic carbocycles. The van der Waals surface area contributed by atoms with Gasteiger partial charge in [-0.25, -0.2) is 9.78 Å². The minimum absolute atomic E-state index is 0.0329. The third kappa shape index (κ3) is 4.18. The van der Waals surface area contributed by atoms with Crippen molar-refractivity contribution in [3.05, 3.63) is 64.5 Å². The molecule has 32 heavy (non-hydrogen) atoms. The summed E-state index contributed by atoms with van der Waals surface area (Å²) in [5.74, 6) is -1.45. The maximum absolute atomic E-state index is 14.0. The van der Waals surface area contributed by atoms with E-state index in [9.17, 15) is 18.0 Å². The Labute approximate surface area is 184 Å². The van der Waals surface area contributed by atoms with Gasteiger partial charge < -0.3 is 14.8 Å². The number of hydrogen-bond donors (Lipinski definition) is 1. The molecule has 1 N–H and O–H groups in total. The highest BCUT2D eigenvalue weighted by Gasteiger charge is 2.42. The van der Waals surface area contributed by atoms with E-state index in [4.69, 9.17) is 9.47 Å². The molecule has 2 aliphatic rings. The zero-order valence-corrected chi connectivity index (χ0v) is 18.0. The second-order valence-electron chi connectivity index (χ2n) is 8.00. The lowest BCUT2D eigenvalue weighted by Gasteiger charge is -2.32. The first-order valence-electron chi connectivity index (χ1n) is 10.8. The Balaban J connectivity index is 1.93. The summed E-state index contributed by atoms with van der Waals surface area (Å²) in [6, 6.07) is 7.00. The number of hydrogen-bond acceptors (Lipinski definition) is 5. The summed E-state index contributed by atoms with van der Waals surface area (Å²) < 4.78 is 53.4. The average molecular weight is 446 g/mol. The summed E-state index contributed by atoms with van der Waals surface area (Å²) in [7, 11) is 0. The fraction of sp³-hybridized carbons (Fsp3) is 0.417. The molecule has 1 aromatic carbocycles. The third-order valence-electron chi connectivity index (χ3n) is 5.91. The molecule has 0 unspecified atom stereocenters. The van der Waals surface area contributed by atoms with E-state index in [1.807, 2.05) is 0 Å². The van der Waals surface area contributed by atoms with Gasteiger partial charge in [0.2, 0.25) is 5.88 Å². The molecule has 0 saturated heterocycles. The van der Waals surface area contributed by atoms with E-state index in [1.54, 1.807) is 26.1 Å². The van der Waals surface area contributed by atoms with Crippen molar-refractivity contribution in [2.45, 2.75) is 57.7 Å². The standard InChI is InChI=1S/C24H25F3N2O3/c1-3-31-23(30)19-14(2)29-18-12-13-28-22(32-15-8-4-5-9-15)21(18)20(19)16-10-6-7-11-17(16)24(25,26)27/h6-7,10-13,15,20,29H,3-5,8-9H2,1-2H3/t20-/m0/s1. The van der Waals surface area contributed by atoms with E-state index in [-0.39, 0.29) is 29.7 Å². The molecule has 1 saturated carbocycles. The van der Waals surface area contributed by atoms with Crippen LogP contribution in [0.3, 0.4) is 0 Å². The highest BCUT2D eigenvalue weighted by molar-refractivity contribution is 5.95. The molecule has 5 nitrogen and oxygen atoms in total. The lowest BCUT2D eigenvalue weighted by atomic mass is 9.79. The number of benzene rings is 1. The molecule has 0 bridgehead atoms. The lowest BCUT2D eigenvalue weighted by Crippen LogP contribution is -2.27. The molecule has 4 rings (SSSR count). The zero-order valence-electron chi connectivity index (χ0n) is 18.0. The topological polar surface area (TPSA) is 60.5 Å². The molecule has 2 heterocycles. The number of carbonyl (C=O) groups is 1. The highest BCUT2D eigenvalue weighted by atomic mass is 19.4. The zero-order chi connectivity index (χ0) is 22.9. The lowest BCUT2D eigenvalue weighted by molar-refractivity contribution is -0.140. The van der Waals surface area contributed by atoms with Crippen LogP contribution in [0.5, 0.6) is 5.88 Å². The van der Waals surface area contributed by atoms with Crippen LogP contribution in [0.1, 0.15) is 62.1 Å². The van der Waals surface area contributed by atoms with E-state index in [2.05, 4.69) is 10.3 Å². The van der Waals surface area contributed by atoms with Crippen LogP contribution in [0.25, 0.3) is 0 Å². The van der Waals surface area contributed by atoms with Gasteiger partial charge in [-0.15, -0.1) is 0 Å². The molecule has 0 radical (unpaired) electrons. The Hall–Kier alpha value is -3.03. The number of anilines is 1. The number of nitrogens with zero attached hydrogens (tertiary/aromatic N) is 1. The molecule has 170 valence electrons. The highest BCUT2D eigenvalue weighted by Crippen LogP contribution is 2.49. The smallest absolute Gasteiger partial charge is 0.416 e. The van der Waals surface area contributed by atoms with Crippen LogP contribution in [0.2, 0.25) is 0 Å².